The standard InChI is InChI=1S/C17H24N6O3S/c1-17(2,3)19-16(24)13-5-4-10-22(11-13)27(25,26)15-8-6-14(7-9-15)23-12-18-20-21-23/h6-9,12-13H,4-5,10-11H2,1-3H3,(H,19,24)/t13-/m0/s1. The molecular formula is C17H24N6O3S. The Labute approximate surface area is 158 Å². The predicted molar refractivity (Wildman–Crippen MR) is 98.5 cm³/mol. The highest BCUT2D eigenvalue weighted by molar-refractivity contribution is 7.89. The van der Waals surface area contributed by atoms with Crippen LogP contribution in [0.1, 0.15) is 33.6 Å². The summed E-state index contributed by atoms with van der Waals surface area (Å²) >= 11 is 0. The Hall–Kier alpha value is -2.33. The first-order valence-electron chi connectivity index (χ1n) is 8.82. The van der Waals surface area contributed by atoms with E-state index in [1.807, 2.05) is 20.8 Å². The normalized spacial score (nSPS) is 19.0. The molecule has 1 aromatic heterocycles. The van der Waals surface area contributed by atoms with E-state index < -0.39 is 10.0 Å². The van der Waals surface area contributed by atoms with Gasteiger partial charge in [-0.25, -0.2) is 13.1 Å². The maximum atomic E-state index is 13.0. The van der Waals surface area contributed by atoms with Gasteiger partial charge < -0.3 is 5.32 Å². The number of carbonyl (C=O) groups is 1. The molecule has 1 N–H and O–H groups in total. The van der Waals surface area contributed by atoms with E-state index in [1.165, 1.54) is 27.4 Å². The van der Waals surface area contributed by atoms with Crippen molar-refractivity contribution in [3.05, 3.63) is 30.6 Å². The van der Waals surface area contributed by atoms with Gasteiger partial charge in [0.1, 0.15) is 6.33 Å². The van der Waals surface area contributed by atoms with Gasteiger partial charge in [-0.1, -0.05) is 0 Å². The molecule has 10 heteroatoms. The van der Waals surface area contributed by atoms with Gasteiger partial charge in [-0.15, -0.1) is 5.10 Å². The summed E-state index contributed by atoms with van der Waals surface area (Å²) in [5.74, 6) is -0.440. The average Bonchev–Trinajstić information content (AvgIpc) is 3.15. The van der Waals surface area contributed by atoms with Gasteiger partial charge in [-0.3, -0.25) is 4.79 Å². The number of sulfonamides is 1. The minimum atomic E-state index is -3.67. The molecule has 3 rings (SSSR count). The van der Waals surface area contributed by atoms with Crippen LogP contribution in [0.15, 0.2) is 35.5 Å². The molecule has 2 heterocycles. The molecule has 1 aromatic carbocycles. The number of hydrogen-bond donors (Lipinski definition) is 1. The Morgan fingerprint density at radius 2 is 1.93 bits per heavy atom. The molecule has 1 atom stereocenters. The van der Waals surface area contributed by atoms with E-state index in [-0.39, 0.29) is 28.8 Å². The van der Waals surface area contributed by atoms with Crippen LogP contribution in [0.5, 0.6) is 0 Å². The molecule has 27 heavy (non-hydrogen) atoms. The molecule has 1 amide bonds. The van der Waals surface area contributed by atoms with E-state index in [9.17, 15) is 13.2 Å². The van der Waals surface area contributed by atoms with Gasteiger partial charge in [0, 0.05) is 18.6 Å². The maximum Gasteiger partial charge on any atom is 0.243 e. The predicted octanol–water partition coefficient (Wildman–Crippen LogP) is 0.978. The van der Waals surface area contributed by atoms with Crippen molar-refractivity contribution < 1.29 is 13.2 Å². The van der Waals surface area contributed by atoms with Gasteiger partial charge in [0.15, 0.2) is 0 Å². The first-order valence-corrected chi connectivity index (χ1v) is 10.3. The lowest BCUT2D eigenvalue weighted by Crippen LogP contribution is -2.49. The largest absolute Gasteiger partial charge is 0.351 e. The molecule has 0 spiro atoms. The number of nitrogens with zero attached hydrogens (tertiary/aromatic N) is 5. The maximum absolute atomic E-state index is 13.0. The van der Waals surface area contributed by atoms with Crippen LogP contribution >= 0.6 is 0 Å². The second-order valence-corrected chi connectivity index (χ2v) is 9.63. The SMILES string of the molecule is CC(C)(C)NC(=O)[C@H]1CCCN(S(=O)(=O)c2ccc(-n3cnnn3)cc2)C1. The summed E-state index contributed by atoms with van der Waals surface area (Å²) in [4.78, 5) is 12.6. The highest BCUT2D eigenvalue weighted by Crippen LogP contribution is 2.25. The van der Waals surface area contributed by atoms with Crippen molar-refractivity contribution in [2.45, 2.75) is 44.0 Å². The molecule has 1 aliphatic rings. The number of hydrogen-bond acceptors (Lipinski definition) is 6. The minimum absolute atomic E-state index is 0.101. The van der Waals surface area contributed by atoms with Gasteiger partial charge >= 0.3 is 0 Å². The number of amides is 1. The molecule has 9 nitrogen and oxygen atoms in total. The molecule has 0 bridgehead atoms. The van der Waals surface area contributed by atoms with Crippen LogP contribution in [-0.4, -0.2) is 57.5 Å². The Morgan fingerprint density at radius 3 is 2.52 bits per heavy atom. The third kappa shape index (κ3) is 4.51. The Kier molecular flexibility index (Phi) is 5.29. The smallest absolute Gasteiger partial charge is 0.243 e. The van der Waals surface area contributed by atoms with Crippen molar-refractivity contribution in [2.24, 2.45) is 5.92 Å². The van der Waals surface area contributed by atoms with Gasteiger partial charge in [0.2, 0.25) is 15.9 Å². The van der Waals surface area contributed by atoms with Gasteiger partial charge in [0.25, 0.3) is 0 Å². The first kappa shape index (κ1) is 19.4. The van der Waals surface area contributed by atoms with Crippen LogP contribution in [0.25, 0.3) is 5.69 Å². The lowest BCUT2D eigenvalue weighted by atomic mass is 9.97. The van der Waals surface area contributed by atoms with E-state index in [0.29, 0.717) is 25.1 Å². The van der Waals surface area contributed by atoms with E-state index in [4.69, 9.17) is 0 Å². The van der Waals surface area contributed by atoms with Crippen molar-refractivity contribution in [1.82, 2.24) is 29.8 Å². The quantitative estimate of drug-likeness (QED) is 0.830. The number of nitrogens with one attached hydrogen (secondary N) is 1. The van der Waals surface area contributed by atoms with Crippen LogP contribution in [0.3, 0.4) is 0 Å². The summed E-state index contributed by atoms with van der Waals surface area (Å²) in [7, 11) is -3.67. The molecular weight excluding hydrogens is 368 g/mol. The van der Waals surface area contributed by atoms with E-state index in [1.54, 1.807) is 12.1 Å². The van der Waals surface area contributed by atoms with Crippen LogP contribution < -0.4 is 5.32 Å². The summed E-state index contributed by atoms with van der Waals surface area (Å²) in [5.41, 5.74) is 0.324. The summed E-state index contributed by atoms with van der Waals surface area (Å²) in [6.45, 7) is 6.34. The fraction of sp³-hybridized carbons (Fsp3) is 0.529. The van der Waals surface area contributed by atoms with E-state index in [2.05, 4.69) is 20.8 Å². The second-order valence-electron chi connectivity index (χ2n) is 7.69. The number of benzene rings is 1. The number of tetrazole rings is 1. The first-order chi connectivity index (χ1) is 12.7. The zero-order valence-electron chi connectivity index (χ0n) is 15.7. The van der Waals surface area contributed by atoms with Crippen molar-refractivity contribution in [3.8, 4) is 5.69 Å². The molecule has 1 saturated heterocycles. The molecule has 0 unspecified atom stereocenters. The summed E-state index contributed by atoms with van der Waals surface area (Å²) in [6, 6.07) is 6.37. The van der Waals surface area contributed by atoms with Crippen LogP contribution in [0, 0.1) is 5.92 Å². The zero-order chi connectivity index (χ0) is 19.7. The van der Waals surface area contributed by atoms with Gasteiger partial charge in [-0.2, -0.15) is 4.31 Å². The van der Waals surface area contributed by atoms with Crippen LogP contribution in [0.4, 0.5) is 0 Å². The number of aromatic nitrogens is 4. The molecule has 0 radical (unpaired) electrons. The van der Waals surface area contributed by atoms with E-state index >= 15 is 0 Å². The fourth-order valence-electron chi connectivity index (χ4n) is 3.05. The molecule has 1 aliphatic heterocycles. The molecule has 1 fully saturated rings. The zero-order valence-corrected chi connectivity index (χ0v) is 16.5. The minimum Gasteiger partial charge on any atom is -0.351 e. The second kappa shape index (κ2) is 7.35. The molecule has 0 aliphatic carbocycles. The summed E-state index contributed by atoms with van der Waals surface area (Å²) in [5, 5.41) is 13.8. The Bertz CT molecular complexity index is 888. The van der Waals surface area contributed by atoms with Gasteiger partial charge in [0.05, 0.1) is 16.5 Å². The van der Waals surface area contributed by atoms with Crippen molar-refractivity contribution >= 4 is 15.9 Å². The highest BCUT2D eigenvalue weighted by Gasteiger charge is 2.34. The third-order valence-corrected chi connectivity index (χ3v) is 6.22. The van der Waals surface area contributed by atoms with Crippen LogP contribution in [0.2, 0.25) is 0 Å². The van der Waals surface area contributed by atoms with Crippen molar-refractivity contribution in [3.63, 3.8) is 0 Å². The van der Waals surface area contributed by atoms with Gasteiger partial charge in [-0.05, 0) is 68.3 Å². The lowest BCUT2D eigenvalue weighted by Gasteiger charge is -2.33. The topological polar surface area (TPSA) is 110 Å². The number of rotatable bonds is 4. The average molecular weight is 392 g/mol. The molecule has 0 saturated carbocycles. The number of piperidine rings is 1. The number of carbonyl (C=O) groups excluding carboxylic acids is 1. The van der Waals surface area contributed by atoms with Crippen molar-refractivity contribution in [1.29, 1.82) is 0 Å². The summed E-state index contributed by atoms with van der Waals surface area (Å²) < 4.78 is 28.8. The lowest BCUT2D eigenvalue weighted by molar-refractivity contribution is -0.127. The fourth-order valence-corrected chi connectivity index (χ4v) is 4.57. The Morgan fingerprint density at radius 1 is 1.22 bits per heavy atom. The Balaban J connectivity index is 1.75. The van der Waals surface area contributed by atoms with Crippen LogP contribution in [-0.2, 0) is 14.8 Å². The van der Waals surface area contributed by atoms with E-state index in [0.717, 1.165) is 0 Å². The molecule has 2 aromatic rings. The molecule has 146 valence electrons. The third-order valence-electron chi connectivity index (χ3n) is 4.34. The highest BCUT2D eigenvalue weighted by atomic mass is 32.2. The summed E-state index contributed by atoms with van der Waals surface area (Å²) in [6.07, 6.45) is 2.78. The monoisotopic (exact) mass is 392 g/mol. The van der Waals surface area contributed by atoms with Crippen molar-refractivity contribution in [2.75, 3.05) is 13.1 Å².